The molecular formula is C8H5ClF2O2. The summed E-state index contributed by atoms with van der Waals surface area (Å²) < 4.78 is 25.1. The molecule has 70 valence electrons. The van der Waals surface area contributed by atoms with Crippen molar-refractivity contribution in [1.82, 2.24) is 0 Å². The average Bonchev–Trinajstić information content (AvgIpc) is 2.01. The second kappa shape index (κ2) is 3.81. The number of hydrogen-bond donors (Lipinski definition) is 1. The highest BCUT2D eigenvalue weighted by Crippen LogP contribution is 2.18. The second-order valence-electron chi connectivity index (χ2n) is 2.41. The van der Waals surface area contributed by atoms with E-state index in [1.54, 1.807) is 0 Å². The van der Waals surface area contributed by atoms with Crippen molar-refractivity contribution in [2.45, 2.75) is 6.10 Å². The lowest BCUT2D eigenvalue weighted by Gasteiger charge is -2.05. The summed E-state index contributed by atoms with van der Waals surface area (Å²) in [6.07, 6.45) is -1.69. The van der Waals surface area contributed by atoms with Gasteiger partial charge in [0.15, 0.2) is 6.10 Å². The summed E-state index contributed by atoms with van der Waals surface area (Å²) in [5.74, 6) is -1.74. The van der Waals surface area contributed by atoms with E-state index in [0.29, 0.717) is 6.07 Å². The standard InChI is InChI=1S/C8H5ClF2O2/c9-8(13)7(12)4-1-5(10)3-6(11)2-4/h1-3,7,12H/t7-/m0/s1. The van der Waals surface area contributed by atoms with Crippen molar-refractivity contribution in [3.63, 3.8) is 0 Å². The third-order valence-corrected chi connectivity index (χ3v) is 1.62. The van der Waals surface area contributed by atoms with E-state index in [0.717, 1.165) is 12.1 Å². The minimum absolute atomic E-state index is 0.197. The van der Waals surface area contributed by atoms with Crippen LogP contribution in [0.3, 0.4) is 0 Å². The van der Waals surface area contributed by atoms with Crippen LogP contribution in [0.5, 0.6) is 0 Å². The summed E-state index contributed by atoms with van der Waals surface area (Å²) in [4.78, 5) is 10.4. The molecule has 0 radical (unpaired) electrons. The van der Waals surface area contributed by atoms with E-state index in [1.165, 1.54) is 0 Å². The molecule has 0 spiro atoms. The van der Waals surface area contributed by atoms with Crippen LogP contribution in [0, 0.1) is 11.6 Å². The minimum Gasteiger partial charge on any atom is -0.379 e. The van der Waals surface area contributed by atoms with E-state index >= 15 is 0 Å². The number of benzene rings is 1. The highest BCUT2D eigenvalue weighted by atomic mass is 35.5. The van der Waals surface area contributed by atoms with Crippen molar-refractivity contribution in [2.75, 3.05) is 0 Å². The SMILES string of the molecule is O=C(Cl)[C@@H](O)c1cc(F)cc(F)c1. The van der Waals surface area contributed by atoms with Crippen molar-refractivity contribution >= 4 is 16.8 Å². The Morgan fingerprint density at radius 2 is 1.77 bits per heavy atom. The molecule has 0 unspecified atom stereocenters. The molecule has 0 aliphatic carbocycles. The Labute approximate surface area is 77.8 Å². The molecule has 13 heavy (non-hydrogen) atoms. The Bertz CT molecular complexity index is 321. The summed E-state index contributed by atoms with van der Waals surface area (Å²) in [5, 5.41) is 7.95. The van der Waals surface area contributed by atoms with Crippen LogP contribution in [0.25, 0.3) is 0 Å². The van der Waals surface area contributed by atoms with Crippen molar-refractivity contribution < 1.29 is 18.7 Å². The van der Waals surface area contributed by atoms with Crippen molar-refractivity contribution in [1.29, 1.82) is 0 Å². The van der Waals surface area contributed by atoms with Gasteiger partial charge in [-0.2, -0.15) is 0 Å². The zero-order chi connectivity index (χ0) is 10.0. The van der Waals surface area contributed by atoms with Gasteiger partial charge in [-0.3, -0.25) is 4.79 Å². The van der Waals surface area contributed by atoms with Gasteiger partial charge in [0.2, 0.25) is 0 Å². The van der Waals surface area contributed by atoms with E-state index < -0.39 is 23.0 Å². The topological polar surface area (TPSA) is 37.3 Å². The van der Waals surface area contributed by atoms with E-state index in [1.807, 2.05) is 0 Å². The average molecular weight is 207 g/mol. The molecule has 0 aliphatic heterocycles. The Morgan fingerprint density at radius 3 is 2.15 bits per heavy atom. The van der Waals surface area contributed by atoms with Gasteiger partial charge < -0.3 is 5.11 Å². The number of halogens is 3. The lowest BCUT2D eigenvalue weighted by atomic mass is 10.1. The maximum atomic E-state index is 12.5. The monoisotopic (exact) mass is 206 g/mol. The van der Waals surface area contributed by atoms with Gasteiger partial charge in [-0.05, 0) is 29.3 Å². The lowest BCUT2D eigenvalue weighted by Crippen LogP contribution is -2.06. The van der Waals surface area contributed by atoms with E-state index in [4.69, 9.17) is 16.7 Å². The number of carbonyl (C=O) groups excluding carboxylic acids is 1. The summed E-state index contributed by atoms with van der Waals surface area (Å²) in [6, 6.07) is 2.32. The second-order valence-corrected chi connectivity index (χ2v) is 2.78. The Balaban J connectivity index is 3.07. The van der Waals surface area contributed by atoms with Crippen LogP contribution < -0.4 is 0 Å². The van der Waals surface area contributed by atoms with Gasteiger partial charge in [0, 0.05) is 6.07 Å². The molecule has 0 bridgehead atoms. The predicted octanol–water partition coefficient (Wildman–Crippen LogP) is 1.76. The van der Waals surface area contributed by atoms with Crippen LogP contribution in [0.2, 0.25) is 0 Å². The predicted molar refractivity (Wildman–Crippen MR) is 42.2 cm³/mol. The zero-order valence-corrected chi connectivity index (χ0v) is 7.05. The van der Waals surface area contributed by atoms with Gasteiger partial charge in [-0.1, -0.05) is 0 Å². The van der Waals surface area contributed by atoms with Crippen LogP contribution in [0.15, 0.2) is 18.2 Å². The minimum atomic E-state index is -1.69. The van der Waals surface area contributed by atoms with Crippen molar-refractivity contribution in [3.05, 3.63) is 35.4 Å². The number of carbonyl (C=O) groups is 1. The van der Waals surface area contributed by atoms with Gasteiger partial charge in [0.25, 0.3) is 5.24 Å². The Kier molecular flexibility index (Phi) is 2.95. The fraction of sp³-hybridized carbons (Fsp3) is 0.125. The van der Waals surface area contributed by atoms with Crippen LogP contribution in [0.1, 0.15) is 11.7 Å². The molecule has 0 aliphatic rings. The van der Waals surface area contributed by atoms with Gasteiger partial charge in [-0.15, -0.1) is 0 Å². The fourth-order valence-electron chi connectivity index (χ4n) is 0.864. The summed E-state index contributed by atoms with van der Waals surface area (Å²) in [6.45, 7) is 0. The molecule has 0 amide bonds. The molecule has 1 atom stereocenters. The first kappa shape index (κ1) is 10.1. The van der Waals surface area contributed by atoms with Gasteiger partial charge in [-0.25, -0.2) is 8.78 Å². The van der Waals surface area contributed by atoms with Crippen molar-refractivity contribution in [2.24, 2.45) is 0 Å². The number of hydrogen-bond acceptors (Lipinski definition) is 2. The molecule has 1 N–H and O–H groups in total. The fourth-order valence-corrected chi connectivity index (χ4v) is 0.990. The maximum absolute atomic E-state index is 12.5. The van der Waals surface area contributed by atoms with E-state index in [-0.39, 0.29) is 5.56 Å². The molecule has 0 saturated heterocycles. The number of aliphatic hydroxyl groups is 1. The largest absolute Gasteiger partial charge is 0.379 e. The van der Waals surface area contributed by atoms with Gasteiger partial charge in [0.1, 0.15) is 11.6 Å². The van der Waals surface area contributed by atoms with Gasteiger partial charge >= 0.3 is 0 Å². The summed E-state index contributed by atoms with van der Waals surface area (Å²) >= 11 is 4.93. The maximum Gasteiger partial charge on any atom is 0.254 e. The summed E-state index contributed by atoms with van der Waals surface area (Å²) in [7, 11) is 0. The highest BCUT2D eigenvalue weighted by Gasteiger charge is 2.16. The molecule has 1 aromatic carbocycles. The first-order valence-corrected chi connectivity index (χ1v) is 3.72. The first-order valence-electron chi connectivity index (χ1n) is 3.34. The molecule has 1 aromatic rings. The molecule has 5 heteroatoms. The molecule has 1 rings (SSSR count). The molecular weight excluding hydrogens is 202 g/mol. The quantitative estimate of drug-likeness (QED) is 0.749. The Morgan fingerprint density at radius 1 is 1.31 bits per heavy atom. The smallest absolute Gasteiger partial charge is 0.254 e. The third-order valence-electron chi connectivity index (χ3n) is 1.42. The molecule has 0 fully saturated rings. The Hall–Kier alpha value is -1.00. The number of rotatable bonds is 2. The highest BCUT2D eigenvalue weighted by molar-refractivity contribution is 6.64. The molecule has 0 aromatic heterocycles. The first-order chi connectivity index (χ1) is 6.00. The summed E-state index contributed by atoms with van der Waals surface area (Å²) in [5.41, 5.74) is -0.197. The van der Waals surface area contributed by atoms with E-state index in [2.05, 4.69) is 0 Å². The van der Waals surface area contributed by atoms with Crippen LogP contribution >= 0.6 is 11.6 Å². The lowest BCUT2D eigenvalue weighted by molar-refractivity contribution is -0.119. The number of aliphatic hydroxyl groups excluding tert-OH is 1. The van der Waals surface area contributed by atoms with Crippen molar-refractivity contribution in [3.8, 4) is 0 Å². The molecule has 2 nitrogen and oxygen atoms in total. The van der Waals surface area contributed by atoms with Crippen LogP contribution in [-0.4, -0.2) is 10.3 Å². The zero-order valence-electron chi connectivity index (χ0n) is 6.30. The normalized spacial score (nSPS) is 12.6. The van der Waals surface area contributed by atoms with Crippen LogP contribution in [-0.2, 0) is 4.79 Å². The van der Waals surface area contributed by atoms with Gasteiger partial charge in [0.05, 0.1) is 0 Å². The molecule has 0 heterocycles. The van der Waals surface area contributed by atoms with E-state index in [9.17, 15) is 13.6 Å². The van der Waals surface area contributed by atoms with Crippen LogP contribution in [0.4, 0.5) is 8.78 Å². The third kappa shape index (κ3) is 2.47. The molecule has 0 saturated carbocycles.